The molecule has 0 rings (SSSR count). The van der Waals surface area contributed by atoms with Gasteiger partial charge in [-0.3, -0.25) is 4.99 Å². The Morgan fingerprint density at radius 3 is 2.75 bits per heavy atom. The molecule has 2 atom stereocenters. The number of nitrogens with one attached hydrogen (secondary N) is 1. The van der Waals surface area contributed by atoms with Gasteiger partial charge in [-0.15, -0.1) is 0 Å². The highest BCUT2D eigenvalue weighted by atomic mass is 35.5. The molecule has 2 nitrogen and oxygen atoms in total. The number of nitrogens with zero attached hydrogens (tertiary/aromatic N) is 1. The van der Waals surface area contributed by atoms with Gasteiger partial charge in [0.1, 0.15) is 5.50 Å². The molecule has 0 aliphatic rings. The Labute approximate surface area is 80.4 Å². The minimum Gasteiger partial charge on any atom is -0.319 e. The Balaban J connectivity index is 3.52. The molecular formula is C9H19ClN2. The monoisotopic (exact) mass is 190 g/mol. The average molecular weight is 191 g/mol. The van der Waals surface area contributed by atoms with Crippen LogP contribution in [0.4, 0.5) is 0 Å². The second kappa shape index (κ2) is 7.56. The first-order valence-electron chi connectivity index (χ1n) is 4.52. The molecule has 0 aromatic rings. The highest BCUT2D eigenvalue weighted by Crippen LogP contribution is 2.14. The molecule has 0 aliphatic carbocycles. The van der Waals surface area contributed by atoms with Gasteiger partial charge in [-0.25, -0.2) is 0 Å². The topological polar surface area (TPSA) is 24.4 Å². The summed E-state index contributed by atoms with van der Waals surface area (Å²) < 4.78 is 0. The van der Waals surface area contributed by atoms with Gasteiger partial charge in [0.15, 0.2) is 0 Å². The Bertz CT molecular complexity index is 126. The summed E-state index contributed by atoms with van der Waals surface area (Å²) in [5.74, 6) is 0.470. The number of alkyl halides is 1. The van der Waals surface area contributed by atoms with Crippen LogP contribution in [0.5, 0.6) is 0 Å². The van der Waals surface area contributed by atoms with Crippen LogP contribution >= 0.6 is 11.6 Å². The smallest absolute Gasteiger partial charge is 0.125 e. The summed E-state index contributed by atoms with van der Waals surface area (Å²) in [7, 11) is 1.93. The van der Waals surface area contributed by atoms with E-state index in [0.717, 1.165) is 19.4 Å². The third kappa shape index (κ3) is 5.56. The van der Waals surface area contributed by atoms with E-state index in [1.807, 2.05) is 13.3 Å². The number of hydrogen-bond donors (Lipinski definition) is 1. The van der Waals surface area contributed by atoms with Gasteiger partial charge >= 0.3 is 0 Å². The fourth-order valence-electron chi connectivity index (χ4n) is 0.726. The molecule has 0 aliphatic heterocycles. The lowest BCUT2D eigenvalue weighted by molar-refractivity contribution is 0.540. The highest BCUT2D eigenvalue weighted by molar-refractivity contribution is 6.20. The van der Waals surface area contributed by atoms with Crippen molar-refractivity contribution in [2.75, 3.05) is 13.6 Å². The standard InChI is InChI=1S/C9H19ClN2/c1-4-8(2)9(10)12-7-5-6-11-3/h7-9,11H,4-6H2,1-3H3/b12-7-/t8?,9-/m1/s1. The minimum atomic E-state index is -0.0492. The van der Waals surface area contributed by atoms with Crippen molar-refractivity contribution in [3.8, 4) is 0 Å². The second-order valence-corrected chi connectivity index (χ2v) is 3.43. The molecule has 0 heterocycles. The molecule has 0 spiro atoms. The average Bonchev–Trinajstić information content (AvgIpc) is 2.10. The van der Waals surface area contributed by atoms with Crippen molar-refractivity contribution in [3.63, 3.8) is 0 Å². The normalized spacial score (nSPS) is 16.7. The molecule has 12 heavy (non-hydrogen) atoms. The molecule has 0 aromatic heterocycles. The second-order valence-electron chi connectivity index (χ2n) is 2.98. The molecular weight excluding hydrogens is 172 g/mol. The molecule has 0 bridgehead atoms. The maximum absolute atomic E-state index is 5.99. The van der Waals surface area contributed by atoms with Crippen molar-refractivity contribution in [1.29, 1.82) is 0 Å². The molecule has 0 amide bonds. The maximum atomic E-state index is 5.99. The van der Waals surface area contributed by atoms with Gasteiger partial charge in [-0.05, 0) is 25.9 Å². The molecule has 1 unspecified atom stereocenters. The van der Waals surface area contributed by atoms with Crippen molar-refractivity contribution in [2.24, 2.45) is 10.9 Å². The van der Waals surface area contributed by atoms with Crippen LogP contribution in [0.2, 0.25) is 0 Å². The van der Waals surface area contributed by atoms with Crippen molar-refractivity contribution < 1.29 is 0 Å². The lowest BCUT2D eigenvalue weighted by Crippen LogP contribution is -2.10. The Hall–Kier alpha value is -0.0800. The van der Waals surface area contributed by atoms with Crippen LogP contribution in [-0.4, -0.2) is 25.3 Å². The largest absolute Gasteiger partial charge is 0.319 e. The van der Waals surface area contributed by atoms with E-state index in [9.17, 15) is 0 Å². The number of aliphatic imine (C=N–C) groups is 1. The van der Waals surface area contributed by atoms with E-state index in [2.05, 4.69) is 24.2 Å². The summed E-state index contributed by atoms with van der Waals surface area (Å²) in [4.78, 5) is 4.23. The van der Waals surface area contributed by atoms with Crippen LogP contribution < -0.4 is 5.32 Å². The summed E-state index contributed by atoms with van der Waals surface area (Å²) in [6.07, 6.45) is 3.94. The summed E-state index contributed by atoms with van der Waals surface area (Å²) in [6.45, 7) is 5.21. The predicted molar refractivity (Wildman–Crippen MR) is 56.1 cm³/mol. The highest BCUT2D eigenvalue weighted by Gasteiger charge is 2.08. The summed E-state index contributed by atoms with van der Waals surface area (Å²) in [6, 6.07) is 0. The van der Waals surface area contributed by atoms with Gasteiger partial charge in [0, 0.05) is 6.21 Å². The third-order valence-electron chi connectivity index (χ3n) is 1.88. The summed E-state index contributed by atoms with van der Waals surface area (Å²) in [5.41, 5.74) is -0.0492. The van der Waals surface area contributed by atoms with E-state index >= 15 is 0 Å². The Morgan fingerprint density at radius 1 is 1.58 bits per heavy atom. The van der Waals surface area contributed by atoms with E-state index in [1.165, 1.54) is 0 Å². The SMILES string of the molecule is CCC(C)[C@H](Cl)/N=C\CCNC. The van der Waals surface area contributed by atoms with Crippen molar-refractivity contribution in [2.45, 2.75) is 32.2 Å². The van der Waals surface area contributed by atoms with Gasteiger partial charge in [0.2, 0.25) is 0 Å². The fraction of sp³-hybridized carbons (Fsp3) is 0.889. The third-order valence-corrected chi connectivity index (χ3v) is 2.43. The molecule has 0 saturated carbocycles. The Kier molecular flexibility index (Phi) is 7.51. The van der Waals surface area contributed by atoms with Crippen molar-refractivity contribution in [1.82, 2.24) is 5.32 Å². The van der Waals surface area contributed by atoms with Crippen LogP contribution in [0.1, 0.15) is 26.7 Å². The van der Waals surface area contributed by atoms with E-state index in [-0.39, 0.29) is 5.50 Å². The molecule has 0 fully saturated rings. The quantitative estimate of drug-likeness (QED) is 0.296. The van der Waals surface area contributed by atoms with Crippen LogP contribution in [0, 0.1) is 5.92 Å². The van der Waals surface area contributed by atoms with Gasteiger partial charge in [-0.2, -0.15) is 0 Å². The van der Waals surface area contributed by atoms with E-state index in [1.54, 1.807) is 0 Å². The predicted octanol–water partition coefficient (Wildman–Crippen LogP) is 2.28. The summed E-state index contributed by atoms with van der Waals surface area (Å²) >= 11 is 5.99. The Morgan fingerprint density at radius 2 is 2.25 bits per heavy atom. The van der Waals surface area contributed by atoms with Gasteiger partial charge in [0.25, 0.3) is 0 Å². The van der Waals surface area contributed by atoms with E-state index < -0.39 is 0 Å². The van der Waals surface area contributed by atoms with Crippen LogP contribution in [-0.2, 0) is 0 Å². The van der Waals surface area contributed by atoms with Gasteiger partial charge in [-0.1, -0.05) is 31.9 Å². The molecule has 72 valence electrons. The van der Waals surface area contributed by atoms with Crippen LogP contribution in [0.3, 0.4) is 0 Å². The number of rotatable bonds is 6. The first kappa shape index (κ1) is 11.9. The molecule has 0 radical (unpaired) electrons. The number of halogens is 1. The number of hydrogen-bond acceptors (Lipinski definition) is 2. The van der Waals surface area contributed by atoms with Crippen LogP contribution in [0.15, 0.2) is 4.99 Å². The van der Waals surface area contributed by atoms with Gasteiger partial charge < -0.3 is 5.32 Å². The first-order chi connectivity index (χ1) is 5.72. The minimum absolute atomic E-state index is 0.0492. The molecule has 1 N–H and O–H groups in total. The molecule has 3 heteroatoms. The summed E-state index contributed by atoms with van der Waals surface area (Å²) in [5, 5.41) is 3.05. The molecule has 0 aromatic carbocycles. The van der Waals surface area contributed by atoms with Crippen LogP contribution in [0.25, 0.3) is 0 Å². The van der Waals surface area contributed by atoms with Crippen molar-refractivity contribution >= 4 is 17.8 Å². The van der Waals surface area contributed by atoms with E-state index in [0.29, 0.717) is 5.92 Å². The fourth-order valence-corrected chi connectivity index (χ4v) is 0.983. The molecule has 0 saturated heterocycles. The van der Waals surface area contributed by atoms with E-state index in [4.69, 9.17) is 11.6 Å². The zero-order valence-electron chi connectivity index (χ0n) is 8.18. The lowest BCUT2D eigenvalue weighted by atomic mass is 10.1. The lowest BCUT2D eigenvalue weighted by Gasteiger charge is -2.10. The van der Waals surface area contributed by atoms with Gasteiger partial charge in [0.05, 0.1) is 0 Å². The first-order valence-corrected chi connectivity index (χ1v) is 4.96. The zero-order chi connectivity index (χ0) is 9.40. The van der Waals surface area contributed by atoms with Crippen molar-refractivity contribution in [3.05, 3.63) is 0 Å². The zero-order valence-corrected chi connectivity index (χ0v) is 8.93. The maximum Gasteiger partial charge on any atom is 0.125 e.